The summed E-state index contributed by atoms with van der Waals surface area (Å²) in [5.74, 6) is -0.826. The van der Waals surface area contributed by atoms with E-state index in [4.69, 9.17) is 9.47 Å². The van der Waals surface area contributed by atoms with Crippen LogP contribution in [0.1, 0.15) is 23.5 Å². The summed E-state index contributed by atoms with van der Waals surface area (Å²) >= 11 is 0. The van der Waals surface area contributed by atoms with Gasteiger partial charge in [-0.15, -0.1) is 0 Å². The third kappa shape index (κ3) is 4.28. The molecular weight excluding hydrogens is 402 g/mol. The van der Waals surface area contributed by atoms with Gasteiger partial charge >= 0.3 is 12.1 Å². The number of carbonyl (C=O) groups is 2. The Morgan fingerprint density at radius 1 is 0.844 bits per heavy atom. The number of hydrogen-bond acceptors (Lipinski definition) is 4. The maximum Gasteiger partial charge on any atom is 0.418 e. The Labute approximate surface area is 187 Å². The topological polar surface area (TPSA) is 57.5 Å². The number of rotatable bonds is 6. The highest BCUT2D eigenvalue weighted by Gasteiger charge is 2.26. The van der Waals surface area contributed by atoms with Crippen molar-refractivity contribution in [2.24, 2.45) is 0 Å². The van der Waals surface area contributed by atoms with Gasteiger partial charge in [0.05, 0.1) is 25.7 Å². The number of methoxy groups -OCH3 is 2. The van der Waals surface area contributed by atoms with E-state index < -0.39 is 12.0 Å². The summed E-state index contributed by atoms with van der Waals surface area (Å²) in [5, 5.41) is 0.839. The molecule has 32 heavy (non-hydrogen) atoms. The molecule has 1 atom stereocenters. The quantitative estimate of drug-likeness (QED) is 0.364. The molecule has 4 rings (SSSR count). The Morgan fingerprint density at radius 2 is 1.56 bits per heavy atom. The van der Waals surface area contributed by atoms with Crippen LogP contribution in [0.3, 0.4) is 0 Å². The number of nitrogens with zero attached hydrogens (tertiary/aromatic N) is 1. The molecule has 0 N–H and O–H groups in total. The maximum absolute atomic E-state index is 12.8. The third-order valence-corrected chi connectivity index (χ3v) is 5.73. The molecule has 4 aromatic rings. The lowest BCUT2D eigenvalue weighted by atomic mass is 9.91. The van der Waals surface area contributed by atoms with Crippen molar-refractivity contribution in [3.05, 3.63) is 96.2 Å². The van der Waals surface area contributed by atoms with E-state index in [1.165, 1.54) is 18.8 Å². The Balaban J connectivity index is 1.65. The Bertz CT molecular complexity index is 1240. The zero-order chi connectivity index (χ0) is 22.5. The minimum absolute atomic E-state index is 0.322. The zero-order valence-electron chi connectivity index (χ0n) is 18.2. The number of benzene rings is 3. The van der Waals surface area contributed by atoms with Gasteiger partial charge in [0.15, 0.2) is 0 Å². The third-order valence-electron chi connectivity index (χ3n) is 5.73. The summed E-state index contributed by atoms with van der Waals surface area (Å²) in [4.78, 5) is 25.0. The van der Waals surface area contributed by atoms with Gasteiger partial charge in [-0.2, -0.15) is 0 Å². The summed E-state index contributed by atoms with van der Waals surface area (Å²) in [5.41, 5.74) is 4.89. The minimum Gasteiger partial charge on any atom is -0.469 e. The van der Waals surface area contributed by atoms with Crippen LogP contribution in [0, 0.1) is 0 Å². The van der Waals surface area contributed by atoms with Crippen molar-refractivity contribution in [1.82, 2.24) is 4.57 Å². The van der Waals surface area contributed by atoms with E-state index in [9.17, 15) is 9.59 Å². The van der Waals surface area contributed by atoms with Gasteiger partial charge in [0.1, 0.15) is 0 Å². The van der Waals surface area contributed by atoms with Crippen LogP contribution in [0.15, 0.2) is 85.1 Å². The van der Waals surface area contributed by atoms with Crippen molar-refractivity contribution in [2.75, 3.05) is 14.2 Å². The van der Waals surface area contributed by atoms with Crippen LogP contribution in [0.2, 0.25) is 0 Å². The molecule has 0 aliphatic heterocycles. The van der Waals surface area contributed by atoms with Crippen LogP contribution in [0.25, 0.3) is 22.0 Å². The molecule has 0 aliphatic rings. The normalized spacial score (nSPS) is 11.8. The predicted molar refractivity (Wildman–Crippen MR) is 125 cm³/mol. The number of esters is 1. The van der Waals surface area contributed by atoms with E-state index in [-0.39, 0.29) is 5.97 Å². The fraction of sp³-hybridized carbons (Fsp3) is 0.185. The molecule has 162 valence electrons. The lowest BCUT2D eigenvalue weighted by Crippen LogP contribution is -2.15. The summed E-state index contributed by atoms with van der Waals surface area (Å²) in [7, 11) is 2.74. The molecule has 1 unspecified atom stereocenters. The fourth-order valence-corrected chi connectivity index (χ4v) is 4.12. The summed E-state index contributed by atoms with van der Waals surface area (Å²) in [6.45, 7) is 0. The zero-order valence-corrected chi connectivity index (χ0v) is 18.2. The van der Waals surface area contributed by atoms with Gasteiger partial charge < -0.3 is 9.47 Å². The number of ether oxygens (including phenoxy) is 2. The van der Waals surface area contributed by atoms with Gasteiger partial charge in [-0.25, -0.2) is 4.79 Å². The highest BCUT2D eigenvalue weighted by molar-refractivity contribution is 5.95. The molecule has 3 aromatic carbocycles. The molecule has 0 saturated carbocycles. The smallest absolute Gasteiger partial charge is 0.418 e. The number of fused-ring (bicyclic) bond motifs is 1. The van der Waals surface area contributed by atoms with Gasteiger partial charge in [0, 0.05) is 11.6 Å². The second kappa shape index (κ2) is 9.52. The first-order chi connectivity index (χ1) is 15.6. The van der Waals surface area contributed by atoms with E-state index >= 15 is 0 Å². The highest BCUT2D eigenvalue weighted by atomic mass is 16.5. The van der Waals surface area contributed by atoms with Crippen molar-refractivity contribution in [2.45, 2.75) is 18.8 Å². The molecule has 5 heteroatoms. The van der Waals surface area contributed by atoms with Crippen molar-refractivity contribution in [3.63, 3.8) is 0 Å². The lowest BCUT2D eigenvalue weighted by molar-refractivity contribution is -0.142. The number of hydrogen-bond donors (Lipinski definition) is 0. The Kier molecular flexibility index (Phi) is 6.36. The molecule has 0 spiro atoms. The summed E-state index contributed by atoms with van der Waals surface area (Å²) in [6.07, 6.45) is 2.45. The van der Waals surface area contributed by atoms with E-state index in [1.54, 1.807) is 6.20 Å². The van der Waals surface area contributed by atoms with E-state index in [2.05, 4.69) is 30.3 Å². The Hall–Kier alpha value is -3.86. The van der Waals surface area contributed by atoms with Crippen molar-refractivity contribution < 1.29 is 19.1 Å². The van der Waals surface area contributed by atoms with Gasteiger partial charge in [0.25, 0.3) is 0 Å². The van der Waals surface area contributed by atoms with Gasteiger partial charge in [-0.1, -0.05) is 72.8 Å². The molecule has 0 bridgehead atoms. The summed E-state index contributed by atoms with van der Waals surface area (Å²) < 4.78 is 11.5. The van der Waals surface area contributed by atoms with E-state index in [1.807, 2.05) is 48.5 Å². The number of aromatic nitrogens is 1. The second-order valence-electron chi connectivity index (χ2n) is 7.62. The summed E-state index contributed by atoms with van der Waals surface area (Å²) in [6, 6.07) is 26.0. The average molecular weight is 428 g/mol. The number of para-hydroxylation sites is 1. The first kappa shape index (κ1) is 21.4. The first-order valence-corrected chi connectivity index (χ1v) is 10.5. The molecule has 0 saturated heterocycles. The van der Waals surface area contributed by atoms with Crippen LogP contribution < -0.4 is 0 Å². The molecular formula is C27H25NO4. The minimum atomic E-state index is -0.504. The fourth-order valence-electron chi connectivity index (χ4n) is 4.12. The molecule has 0 radical (unpaired) electrons. The van der Waals surface area contributed by atoms with Gasteiger partial charge in [-0.05, 0) is 41.2 Å². The number of carbonyl (C=O) groups excluding carboxylic acids is 2. The van der Waals surface area contributed by atoms with Crippen LogP contribution >= 0.6 is 0 Å². The maximum atomic E-state index is 12.8. The lowest BCUT2D eigenvalue weighted by Gasteiger charge is -2.15. The standard InChI is InChI=1S/C27H25NO4/c1-31-26(29)23(24-18-28(27(30)32-2)25-14-7-6-13-22(24)25)16-15-19-9-8-12-21(17-19)20-10-4-3-5-11-20/h3-14,17-18,23H,15-16H2,1-2H3. The molecule has 0 fully saturated rings. The molecule has 0 aliphatic carbocycles. The van der Waals surface area contributed by atoms with Crippen molar-refractivity contribution >= 4 is 23.0 Å². The SMILES string of the molecule is COC(=O)C(CCc1cccc(-c2ccccc2)c1)c1cn(C(=O)OC)c2ccccc12. The van der Waals surface area contributed by atoms with Crippen molar-refractivity contribution in [1.29, 1.82) is 0 Å². The highest BCUT2D eigenvalue weighted by Crippen LogP contribution is 2.32. The van der Waals surface area contributed by atoms with Gasteiger partial charge in [-0.3, -0.25) is 9.36 Å². The largest absolute Gasteiger partial charge is 0.469 e. The van der Waals surface area contributed by atoms with Gasteiger partial charge in [0.2, 0.25) is 0 Å². The van der Waals surface area contributed by atoms with Crippen LogP contribution in [0.5, 0.6) is 0 Å². The molecule has 1 aromatic heterocycles. The van der Waals surface area contributed by atoms with E-state index in [0.717, 1.165) is 27.6 Å². The second-order valence-corrected chi connectivity index (χ2v) is 7.62. The average Bonchev–Trinajstić information content (AvgIpc) is 3.24. The van der Waals surface area contributed by atoms with Crippen LogP contribution in [-0.4, -0.2) is 30.8 Å². The number of aryl methyl sites for hydroxylation is 1. The molecule has 1 heterocycles. The first-order valence-electron chi connectivity index (χ1n) is 10.5. The van der Waals surface area contributed by atoms with Crippen molar-refractivity contribution in [3.8, 4) is 11.1 Å². The van der Waals surface area contributed by atoms with Crippen LogP contribution in [-0.2, 0) is 20.7 Å². The molecule has 0 amide bonds. The van der Waals surface area contributed by atoms with E-state index in [0.29, 0.717) is 18.4 Å². The Morgan fingerprint density at radius 3 is 2.31 bits per heavy atom. The predicted octanol–water partition coefficient (Wildman–Crippen LogP) is 5.81. The monoisotopic (exact) mass is 427 g/mol. The molecule has 5 nitrogen and oxygen atoms in total. The van der Waals surface area contributed by atoms with Crippen LogP contribution in [0.4, 0.5) is 4.79 Å².